The van der Waals surface area contributed by atoms with E-state index < -0.39 is 0 Å². The van der Waals surface area contributed by atoms with Gasteiger partial charge in [-0.05, 0) is 67.2 Å². The summed E-state index contributed by atoms with van der Waals surface area (Å²) in [6, 6.07) is 16.0. The molecule has 4 aromatic rings. The molecule has 34 heavy (non-hydrogen) atoms. The molecule has 174 valence electrons. The number of halogens is 1. The van der Waals surface area contributed by atoms with Crippen molar-refractivity contribution in [3.63, 3.8) is 0 Å². The lowest BCUT2D eigenvalue weighted by Gasteiger charge is -2.16. The third kappa shape index (κ3) is 4.93. The quantitative estimate of drug-likeness (QED) is 0.284. The molecule has 0 radical (unpaired) electrons. The number of aryl methyl sites for hydroxylation is 1. The van der Waals surface area contributed by atoms with Crippen molar-refractivity contribution in [2.45, 2.75) is 38.8 Å². The maximum atomic E-state index is 12.7. The van der Waals surface area contributed by atoms with Crippen LogP contribution in [0.2, 0.25) is 5.02 Å². The minimum absolute atomic E-state index is 0.157. The fraction of sp³-hybridized carbons (Fsp3) is 0.240. The summed E-state index contributed by atoms with van der Waals surface area (Å²) in [5.41, 5.74) is 11.0. The zero-order valence-electron chi connectivity index (χ0n) is 18.6. The zero-order valence-corrected chi connectivity index (χ0v) is 20.1. The zero-order chi connectivity index (χ0) is 23.5. The number of nitrogens with one attached hydrogen (secondary N) is 3. The van der Waals surface area contributed by atoms with Crippen LogP contribution in [-0.4, -0.2) is 25.4 Å². The Morgan fingerprint density at radius 3 is 2.82 bits per heavy atom. The topological polar surface area (TPSA) is 75.9 Å². The largest absolute Gasteiger partial charge is 0.335 e. The molecule has 3 N–H and O–H groups in total. The Bertz CT molecular complexity index is 1360. The fourth-order valence-corrected chi connectivity index (χ4v) is 4.96. The third-order valence-corrected chi connectivity index (χ3v) is 6.47. The van der Waals surface area contributed by atoms with Gasteiger partial charge in [0.05, 0.1) is 18.4 Å². The van der Waals surface area contributed by atoms with E-state index in [-0.39, 0.29) is 17.6 Å². The molecule has 0 bridgehead atoms. The van der Waals surface area contributed by atoms with E-state index in [1.165, 1.54) is 23.1 Å². The summed E-state index contributed by atoms with van der Waals surface area (Å²) in [4.78, 5) is 12.7. The van der Waals surface area contributed by atoms with Crippen molar-refractivity contribution >= 4 is 51.4 Å². The number of aromatic nitrogens is 3. The number of carbonyl (C=O) groups excluding carboxylic acids is 1. The Morgan fingerprint density at radius 2 is 1.94 bits per heavy atom. The van der Waals surface area contributed by atoms with Crippen LogP contribution in [-0.2, 0) is 30.7 Å². The van der Waals surface area contributed by atoms with Gasteiger partial charge in [-0.25, -0.2) is 0 Å². The standard InChI is InChI=1S/C25H25ClN6OS/c26-18-7-5-6-17(12-18)14-31-15-19(13-27-31)28-25(34)30-29-24(33)16-32-22-10-3-1-8-20(22)21-9-2-4-11-23(21)32/h1,3,5-8,10,12-13,15H,2,4,9,11,14,16H2,(H,29,33)(H2,28,30,34). The molecule has 2 aromatic carbocycles. The first-order valence-electron chi connectivity index (χ1n) is 11.3. The molecule has 0 atom stereocenters. The van der Waals surface area contributed by atoms with Crippen LogP contribution in [0.5, 0.6) is 0 Å². The average Bonchev–Trinajstić information content (AvgIpc) is 3.40. The normalized spacial score (nSPS) is 12.9. The summed E-state index contributed by atoms with van der Waals surface area (Å²) in [7, 11) is 0. The van der Waals surface area contributed by atoms with Gasteiger partial charge >= 0.3 is 0 Å². The number of benzene rings is 2. The number of para-hydroxylation sites is 1. The molecule has 1 aliphatic carbocycles. The van der Waals surface area contributed by atoms with Gasteiger partial charge < -0.3 is 9.88 Å². The first-order valence-corrected chi connectivity index (χ1v) is 12.1. The fourth-order valence-electron chi connectivity index (χ4n) is 4.58. The molecule has 0 fully saturated rings. The van der Waals surface area contributed by atoms with Crippen LogP contribution in [0.25, 0.3) is 10.9 Å². The number of rotatable bonds is 5. The van der Waals surface area contributed by atoms with Gasteiger partial charge in [-0.3, -0.25) is 20.3 Å². The number of nitrogens with zero attached hydrogens (tertiary/aromatic N) is 3. The molecule has 9 heteroatoms. The van der Waals surface area contributed by atoms with Crippen LogP contribution in [0.15, 0.2) is 60.9 Å². The highest BCUT2D eigenvalue weighted by Gasteiger charge is 2.20. The molecule has 5 rings (SSSR count). The van der Waals surface area contributed by atoms with Crippen molar-refractivity contribution in [1.82, 2.24) is 25.2 Å². The van der Waals surface area contributed by atoms with Gasteiger partial charge in [-0.15, -0.1) is 0 Å². The van der Waals surface area contributed by atoms with E-state index in [9.17, 15) is 4.79 Å². The van der Waals surface area contributed by atoms with Gasteiger partial charge in [0.15, 0.2) is 5.11 Å². The van der Waals surface area contributed by atoms with Crippen LogP contribution in [0, 0.1) is 0 Å². The van der Waals surface area contributed by atoms with Crippen LogP contribution in [0.1, 0.15) is 29.7 Å². The Hall–Kier alpha value is -3.36. The number of carbonyl (C=O) groups is 1. The summed E-state index contributed by atoms with van der Waals surface area (Å²) in [6.07, 6.45) is 7.95. The van der Waals surface area contributed by atoms with Crippen LogP contribution >= 0.6 is 23.8 Å². The number of fused-ring (bicyclic) bond motifs is 3. The second kappa shape index (κ2) is 9.87. The molecule has 1 amide bonds. The van der Waals surface area contributed by atoms with Crippen molar-refractivity contribution in [3.05, 3.63) is 82.8 Å². The summed E-state index contributed by atoms with van der Waals surface area (Å²) < 4.78 is 3.92. The van der Waals surface area contributed by atoms with E-state index in [2.05, 4.69) is 44.0 Å². The Labute approximate surface area is 208 Å². The number of hydrogen-bond donors (Lipinski definition) is 3. The molecule has 2 heterocycles. The number of thiocarbonyl (C=S) groups is 1. The maximum Gasteiger partial charge on any atom is 0.258 e. The SMILES string of the molecule is O=C(Cn1c2c(c3ccccc31)CCCC2)NNC(=S)Nc1cnn(Cc2cccc(Cl)c2)c1. The summed E-state index contributed by atoms with van der Waals surface area (Å²) >= 11 is 11.4. The van der Waals surface area contributed by atoms with Crippen LogP contribution in [0.3, 0.4) is 0 Å². The number of anilines is 1. The minimum atomic E-state index is -0.157. The second-order valence-corrected chi connectivity index (χ2v) is 9.26. The van der Waals surface area contributed by atoms with Gasteiger partial charge in [-0.2, -0.15) is 5.10 Å². The van der Waals surface area contributed by atoms with Crippen molar-refractivity contribution in [2.75, 3.05) is 5.32 Å². The van der Waals surface area contributed by atoms with Crippen molar-refractivity contribution in [2.24, 2.45) is 0 Å². The van der Waals surface area contributed by atoms with Crippen LogP contribution in [0.4, 0.5) is 5.69 Å². The van der Waals surface area contributed by atoms with Gasteiger partial charge in [0.2, 0.25) is 0 Å². The maximum absolute atomic E-state index is 12.7. The molecule has 0 saturated heterocycles. The first kappa shape index (κ1) is 22.4. The summed E-state index contributed by atoms with van der Waals surface area (Å²) in [5.74, 6) is -0.157. The van der Waals surface area contributed by atoms with E-state index in [1.807, 2.05) is 36.5 Å². The Morgan fingerprint density at radius 1 is 1.09 bits per heavy atom. The summed E-state index contributed by atoms with van der Waals surface area (Å²) in [5, 5.41) is 9.62. The minimum Gasteiger partial charge on any atom is -0.335 e. The molecular weight excluding hydrogens is 468 g/mol. The number of amides is 1. The van der Waals surface area contributed by atoms with Crippen molar-refractivity contribution < 1.29 is 4.79 Å². The highest BCUT2D eigenvalue weighted by Crippen LogP contribution is 2.31. The van der Waals surface area contributed by atoms with Gasteiger partial charge in [-0.1, -0.05) is 41.9 Å². The first-order chi connectivity index (χ1) is 16.6. The van der Waals surface area contributed by atoms with E-state index in [1.54, 1.807) is 10.9 Å². The van der Waals surface area contributed by atoms with Crippen molar-refractivity contribution in [1.29, 1.82) is 0 Å². The predicted octanol–water partition coefficient (Wildman–Crippen LogP) is 4.44. The highest BCUT2D eigenvalue weighted by molar-refractivity contribution is 7.80. The summed E-state index contributed by atoms with van der Waals surface area (Å²) in [6.45, 7) is 0.831. The average molecular weight is 493 g/mol. The highest BCUT2D eigenvalue weighted by atomic mass is 35.5. The van der Waals surface area contributed by atoms with Crippen molar-refractivity contribution in [3.8, 4) is 0 Å². The molecule has 0 saturated carbocycles. The second-order valence-electron chi connectivity index (χ2n) is 8.42. The smallest absolute Gasteiger partial charge is 0.258 e. The molecule has 0 spiro atoms. The van der Waals surface area contributed by atoms with E-state index >= 15 is 0 Å². The monoisotopic (exact) mass is 492 g/mol. The van der Waals surface area contributed by atoms with E-state index in [4.69, 9.17) is 23.8 Å². The third-order valence-electron chi connectivity index (χ3n) is 6.03. The Balaban J connectivity index is 1.17. The van der Waals surface area contributed by atoms with Gasteiger partial charge in [0.25, 0.3) is 5.91 Å². The number of hydrazine groups is 1. The molecule has 7 nitrogen and oxygen atoms in total. The lowest BCUT2D eigenvalue weighted by atomic mass is 9.96. The van der Waals surface area contributed by atoms with Crippen LogP contribution < -0.4 is 16.2 Å². The molecular formula is C25H25ClN6OS. The predicted molar refractivity (Wildman–Crippen MR) is 139 cm³/mol. The Kier molecular flexibility index (Phi) is 6.51. The molecule has 0 aliphatic heterocycles. The van der Waals surface area contributed by atoms with Gasteiger partial charge in [0.1, 0.15) is 6.54 Å². The van der Waals surface area contributed by atoms with Gasteiger partial charge in [0, 0.05) is 27.8 Å². The lowest BCUT2D eigenvalue weighted by molar-refractivity contribution is -0.122. The molecule has 1 aliphatic rings. The lowest BCUT2D eigenvalue weighted by Crippen LogP contribution is -2.45. The number of hydrogen-bond acceptors (Lipinski definition) is 3. The molecule has 0 unspecified atom stereocenters. The van der Waals surface area contributed by atoms with E-state index in [0.29, 0.717) is 11.6 Å². The van der Waals surface area contributed by atoms with E-state index in [0.717, 1.165) is 36.0 Å². The molecule has 2 aromatic heterocycles.